The Morgan fingerprint density at radius 2 is 0.615 bits per heavy atom. The molecule has 9 aromatic rings. The molecular formula is C39H27N9RuS3+2. The number of hydrogen-bond acceptors (Lipinski definition) is 9. The van der Waals surface area contributed by atoms with Crippen LogP contribution in [0.5, 0.6) is 0 Å². The number of fused-ring (bicyclic) bond motifs is 9. The molecule has 0 fully saturated rings. The van der Waals surface area contributed by atoms with Gasteiger partial charge in [0.15, 0.2) is 0 Å². The van der Waals surface area contributed by atoms with Crippen molar-refractivity contribution in [2.75, 3.05) is 16.0 Å². The van der Waals surface area contributed by atoms with Crippen molar-refractivity contribution in [1.29, 1.82) is 0 Å². The van der Waals surface area contributed by atoms with Crippen molar-refractivity contribution >= 4 is 136 Å². The summed E-state index contributed by atoms with van der Waals surface area (Å²) in [5.41, 5.74) is 12.8. The Morgan fingerprint density at radius 3 is 0.885 bits per heavy atom. The molecule has 0 aliphatic heterocycles. The van der Waals surface area contributed by atoms with Gasteiger partial charge in [0.25, 0.3) is 0 Å². The number of anilines is 3. The number of rotatable bonds is 6. The molecule has 0 amide bonds. The third-order valence-electron chi connectivity index (χ3n) is 8.03. The summed E-state index contributed by atoms with van der Waals surface area (Å²) in [5, 5.41) is 15.4. The molecule has 0 unspecified atom stereocenters. The first kappa shape index (κ1) is 36.2. The molecule has 0 bridgehead atoms. The molecule has 6 heterocycles. The monoisotopic (exact) mass is 819 g/mol. The van der Waals surface area contributed by atoms with Crippen LogP contribution in [0, 0.1) is 0 Å². The average molecular weight is 819 g/mol. The second kappa shape index (κ2) is 17.1. The SMILES string of the molecule is S=CNc1cc2cccnc2c2ncccc12.S=CNc1cc2cccnc2c2ncccc12.S=CNc1cc2cccnc2c2ncccc12.[Ru+2]. The smallest absolute Gasteiger partial charge is 0.352 e. The zero-order valence-electron chi connectivity index (χ0n) is 27.1. The molecular weight excluding hydrogens is 792 g/mol. The van der Waals surface area contributed by atoms with E-state index in [4.69, 9.17) is 36.7 Å². The van der Waals surface area contributed by atoms with Crippen LogP contribution in [-0.2, 0) is 19.5 Å². The Balaban J connectivity index is 0.000000133. The minimum Gasteiger partial charge on any atom is -0.352 e. The summed E-state index contributed by atoms with van der Waals surface area (Å²) in [6.45, 7) is 0. The average Bonchev–Trinajstić information content (AvgIpc) is 3.19. The second-order valence-electron chi connectivity index (χ2n) is 11.0. The summed E-state index contributed by atoms with van der Waals surface area (Å²) in [7, 11) is 0. The summed E-state index contributed by atoms with van der Waals surface area (Å²) < 4.78 is 0. The van der Waals surface area contributed by atoms with Crippen molar-refractivity contribution in [3.05, 3.63) is 128 Å². The molecule has 3 aromatic carbocycles. The van der Waals surface area contributed by atoms with Gasteiger partial charge in [-0.05, 0) is 72.8 Å². The summed E-state index contributed by atoms with van der Waals surface area (Å²) in [6, 6.07) is 29.7. The third-order valence-corrected chi connectivity index (χ3v) is 8.38. The van der Waals surface area contributed by atoms with Gasteiger partial charge in [-0.3, -0.25) is 29.9 Å². The Bertz CT molecular complexity index is 2430. The van der Waals surface area contributed by atoms with Gasteiger partial charge in [-0.1, -0.05) is 54.9 Å². The molecule has 0 aliphatic rings. The van der Waals surface area contributed by atoms with Crippen molar-refractivity contribution in [2.24, 2.45) is 0 Å². The number of pyridine rings is 6. The van der Waals surface area contributed by atoms with E-state index in [9.17, 15) is 0 Å². The minimum absolute atomic E-state index is 0. The van der Waals surface area contributed by atoms with Crippen LogP contribution in [0.3, 0.4) is 0 Å². The van der Waals surface area contributed by atoms with Crippen LogP contribution in [0.15, 0.2) is 128 Å². The van der Waals surface area contributed by atoms with Crippen molar-refractivity contribution < 1.29 is 19.5 Å². The van der Waals surface area contributed by atoms with Gasteiger partial charge in [0.1, 0.15) is 0 Å². The first-order valence-electron chi connectivity index (χ1n) is 15.7. The molecule has 9 rings (SSSR count). The van der Waals surface area contributed by atoms with E-state index in [1.165, 1.54) is 16.5 Å². The van der Waals surface area contributed by atoms with Gasteiger partial charge in [-0.2, -0.15) is 0 Å². The van der Waals surface area contributed by atoms with E-state index in [1.54, 1.807) is 37.2 Å². The normalized spacial score (nSPS) is 10.4. The predicted octanol–water partition coefficient (Wildman–Crippen LogP) is 9.45. The Morgan fingerprint density at radius 1 is 0.365 bits per heavy atom. The molecule has 0 saturated carbocycles. The van der Waals surface area contributed by atoms with E-state index in [-0.39, 0.29) is 19.5 Å². The maximum absolute atomic E-state index is 4.85. The van der Waals surface area contributed by atoms with Gasteiger partial charge in [0, 0.05) is 86.6 Å². The van der Waals surface area contributed by atoms with Crippen molar-refractivity contribution in [1.82, 2.24) is 29.9 Å². The Kier molecular flexibility index (Phi) is 11.9. The summed E-state index contributed by atoms with van der Waals surface area (Å²) in [5.74, 6) is 0. The van der Waals surface area contributed by atoms with E-state index in [0.29, 0.717) is 0 Å². The zero-order valence-corrected chi connectivity index (χ0v) is 31.3. The van der Waals surface area contributed by atoms with Crippen molar-refractivity contribution in [3.63, 3.8) is 0 Å². The standard InChI is InChI=1S/3C13H9N3S.Ru/c3*17-8-16-11-7-9-3-1-5-14-12(9)13-10(11)4-2-6-15-13;/h3*1-8H,(H,16,17);/q;;;+2. The molecule has 9 nitrogen and oxygen atoms in total. The maximum atomic E-state index is 4.85. The van der Waals surface area contributed by atoms with Gasteiger partial charge in [-0.25, -0.2) is 0 Å². The number of benzene rings is 3. The number of nitrogens with one attached hydrogen (secondary N) is 3. The van der Waals surface area contributed by atoms with Crippen LogP contribution in [0.2, 0.25) is 0 Å². The van der Waals surface area contributed by atoms with Gasteiger partial charge >= 0.3 is 19.5 Å². The van der Waals surface area contributed by atoms with E-state index in [2.05, 4.69) is 45.9 Å². The predicted molar refractivity (Wildman–Crippen MR) is 223 cm³/mol. The van der Waals surface area contributed by atoms with Crippen LogP contribution in [-0.4, -0.2) is 46.4 Å². The van der Waals surface area contributed by atoms with Crippen LogP contribution < -0.4 is 16.0 Å². The van der Waals surface area contributed by atoms with Crippen molar-refractivity contribution in [2.45, 2.75) is 0 Å². The minimum atomic E-state index is 0. The second-order valence-corrected chi connectivity index (χ2v) is 11.7. The fourth-order valence-corrected chi connectivity index (χ4v) is 6.26. The largest absolute Gasteiger partial charge is 2.00 e. The van der Waals surface area contributed by atoms with Gasteiger partial charge in [0.2, 0.25) is 0 Å². The first-order chi connectivity index (χ1) is 25.2. The Labute approximate surface area is 327 Å². The molecule has 0 saturated heterocycles. The molecule has 0 radical (unpaired) electrons. The summed E-state index contributed by atoms with van der Waals surface area (Å²) >= 11 is 14.5. The number of hydrogen-bond donors (Lipinski definition) is 3. The van der Waals surface area contributed by atoms with Crippen molar-refractivity contribution in [3.8, 4) is 0 Å². The maximum Gasteiger partial charge on any atom is 2.00 e. The number of nitrogens with zero attached hydrogens (tertiary/aromatic N) is 6. The third kappa shape index (κ3) is 7.53. The molecule has 0 atom stereocenters. The number of aromatic nitrogens is 6. The van der Waals surface area contributed by atoms with E-state index >= 15 is 0 Å². The quantitative estimate of drug-likeness (QED) is 0.0844. The van der Waals surface area contributed by atoms with E-state index in [1.807, 2.05) is 91.0 Å². The molecule has 0 spiro atoms. The zero-order chi connectivity index (χ0) is 35.0. The first-order valence-corrected chi connectivity index (χ1v) is 17.1. The van der Waals surface area contributed by atoms with Crippen LogP contribution in [0.4, 0.5) is 17.1 Å². The summed E-state index contributed by atoms with van der Waals surface area (Å²) in [6.07, 6.45) is 10.7. The molecule has 0 aliphatic carbocycles. The Hall–Kier alpha value is -5.59. The van der Waals surface area contributed by atoms with Gasteiger partial charge in [0.05, 0.1) is 49.6 Å². The molecule has 6 aromatic heterocycles. The molecule has 52 heavy (non-hydrogen) atoms. The van der Waals surface area contributed by atoms with E-state index in [0.717, 1.165) is 82.5 Å². The van der Waals surface area contributed by atoms with Gasteiger partial charge < -0.3 is 16.0 Å². The van der Waals surface area contributed by atoms with Crippen LogP contribution >= 0.6 is 36.7 Å². The van der Waals surface area contributed by atoms with Crippen LogP contribution in [0.25, 0.3) is 65.4 Å². The summed E-state index contributed by atoms with van der Waals surface area (Å²) in [4.78, 5) is 26.4. The molecule has 13 heteroatoms. The number of thiocarbonyl (C=S) groups is 3. The fourth-order valence-electron chi connectivity index (χ4n) is 5.88. The van der Waals surface area contributed by atoms with E-state index < -0.39 is 0 Å². The molecule has 3 N–H and O–H groups in total. The topological polar surface area (TPSA) is 113 Å². The van der Waals surface area contributed by atoms with Crippen LogP contribution in [0.1, 0.15) is 0 Å². The van der Waals surface area contributed by atoms with Gasteiger partial charge in [-0.15, -0.1) is 0 Å². The fraction of sp³-hybridized carbons (Fsp3) is 0. The molecule has 252 valence electrons.